The normalized spacial score (nSPS) is 11.4. The summed E-state index contributed by atoms with van der Waals surface area (Å²) in [6.45, 7) is 2.01. The molecule has 0 aliphatic heterocycles. The predicted molar refractivity (Wildman–Crippen MR) is 112 cm³/mol. The van der Waals surface area contributed by atoms with Crippen molar-refractivity contribution in [3.05, 3.63) is 59.0 Å². The van der Waals surface area contributed by atoms with Crippen LogP contribution in [-0.4, -0.2) is 44.6 Å². The molecule has 1 heterocycles. The Hall–Kier alpha value is -2.32. The van der Waals surface area contributed by atoms with Crippen LogP contribution in [-0.2, 0) is 23.6 Å². The average Bonchev–Trinajstić information content (AvgIpc) is 2.71. The first-order chi connectivity index (χ1) is 13.7. The maximum atomic E-state index is 13.5. The van der Waals surface area contributed by atoms with Gasteiger partial charge in [0.05, 0.1) is 6.61 Å². The molecule has 0 unspecified atom stereocenters. The first-order valence-corrected chi connectivity index (χ1v) is 10.3. The Kier molecular flexibility index (Phi) is 9.57. The Morgan fingerprint density at radius 3 is 2.64 bits per heavy atom. The molecule has 0 aliphatic rings. The quantitative estimate of drug-likeness (QED) is 0.359. The molecule has 0 aliphatic carbocycles. The number of pyridine rings is 1. The molecule has 0 atom stereocenters. The topological polar surface area (TPSA) is 67.8 Å². The van der Waals surface area contributed by atoms with Crippen molar-refractivity contribution in [2.45, 2.75) is 18.8 Å². The summed E-state index contributed by atoms with van der Waals surface area (Å²) < 4.78 is 24.2. The molecule has 0 spiro atoms. The Balaban J connectivity index is 1.94. The summed E-state index contributed by atoms with van der Waals surface area (Å²) in [7, 11) is 3.34. The van der Waals surface area contributed by atoms with Gasteiger partial charge in [0.2, 0.25) is 5.88 Å². The molecule has 2 rings (SSSR count). The number of guanidine groups is 1. The number of nitrogens with one attached hydrogen (secondary N) is 2. The van der Waals surface area contributed by atoms with E-state index in [2.05, 4.69) is 20.6 Å². The lowest BCUT2D eigenvalue weighted by Crippen LogP contribution is -2.36. The van der Waals surface area contributed by atoms with Gasteiger partial charge < -0.3 is 20.1 Å². The number of halogens is 1. The van der Waals surface area contributed by atoms with Gasteiger partial charge in [-0.15, -0.1) is 0 Å². The van der Waals surface area contributed by atoms with Crippen LogP contribution in [0.4, 0.5) is 4.39 Å². The molecule has 2 aromatic rings. The SMILES string of the molecule is CN=C(NCc1ccc(F)cc1CSC)NCc1cccnc1OCCOC. The molecule has 0 radical (unpaired) electrons. The van der Waals surface area contributed by atoms with Crippen molar-refractivity contribution in [3.63, 3.8) is 0 Å². The summed E-state index contributed by atoms with van der Waals surface area (Å²) in [4.78, 5) is 8.52. The van der Waals surface area contributed by atoms with Crippen molar-refractivity contribution in [2.75, 3.05) is 33.6 Å². The number of hydrogen-bond acceptors (Lipinski definition) is 5. The second kappa shape index (κ2) is 12.2. The fourth-order valence-corrected chi connectivity index (χ4v) is 3.13. The van der Waals surface area contributed by atoms with Crippen molar-refractivity contribution in [3.8, 4) is 5.88 Å². The second-order valence-electron chi connectivity index (χ2n) is 5.93. The van der Waals surface area contributed by atoms with Gasteiger partial charge in [0, 0.05) is 44.8 Å². The molecule has 0 saturated heterocycles. The number of aliphatic imine (C=N–C) groups is 1. The summed E-state index contributed by atoms with van der Waals surface area (Å²) in [5.74, 6) is 1.76. The third-order valence-electron chi connectivity index (χ3n) is 3.96. The summed E-state index contributed by atoms with van der Waals surface area (Å²) in [5.41, 5.74) is 2.95. The smallest absolute Gasteiger partial charge is 0.218 e. The number of ether oxygens (including phenoxy) is 2. The van der Waals surface area contributed by atoms with Crippen LogP contribution in [0.1, 0.15) is 16.7 Å². The summed E-state index contributed by atoms with van der Waals surface area (Å²) >= 11 is 1.66. The van der Waals surface area contributed by atoms with Crippen molar-refractivity contribution in [2.24, 2.45) is 4.99 Å². The van der Waals surface area contributed by atoms with Gasteiger partial charge in [-0.05, 0) is 35.6 Å². The van der Waals surface area contributed by atoms with E-state index in [0.29, 0.717) is 38.1 Å². The number of benzene rings is 1. The zero-order valence-corrected chi connectivity index (χ0v) is 17.3. The summed E-state index contributed by atoms with van der Waals surface area (Å²) in [6.07, 6.45) is 3.70. The zero-order chi connectivity index (χ0) is 20.2. The van der Waals surface area contributed by atoms with Gasteiger partial charge in [0.15, 0.2) is 5.96 Å². The Morgan fingerprint density at radius 1 is 1.14 bits per heavy atom. The minimum atomic E-state index is -0.215. The number of rotatable bonds is 10. The van der Waals surface area contributed by atoms with Gasteiger partial charge in [-0.3, -0.25) is 4.99 Å². The molecule has 28 heavy (non-hydrogen) atoms. The summed E-state index contributed by atoms with van der Waals surface area (Å²) in [6, 6.07) is 8.69. The van der Waals surface area contributed by atoms with Gasteiger partial charge in [0.1, 0.15) is 12.4 Å². The molecule has 152 valence electrons. The maximum absolute atomic E-state index is 13.5. The molecule has 0 fully saturated rings. The Bertz CT molecular complexity index is 774. The molecule has 1 aromatic carbocycles. The van der Waals surface area contributed by atoms with E-state index in [9.17, 15) is 4.39 Å². The van der Waals surface area contributed by atoms with Gasteiger partial charge >= 0.3 is 0 Å². The molecular formula is C20H27FN4O2S. The number of hydrogen-bond donors (Lipinski definition) is 2. The van der Waals surface area contributed by atoms with E-state index in [1.165, 1.54) is 6.07 Å². The van der Waals surface area contributed by atoms with Crippen LogP contribution >= 0.6 is 11.8 Å². The third kappa shape index (κ3) is 7.01. The highest BCUT2D eigenvalue weighted by atomic mass is 32.2. The fraction of sp³-hybridized carbons (Fsp3) is 0.400. The largest absolute Gasteiger partial charge is 0.475 e. The Labute approximate surface area is 170 Å². The lowest BCUT2D eigenvalue weighted by atomic mass is 10.1. The fourth-order valence-electron chi connectivity index (χ4n) is 2.55. The number of nitrogens with zero attached hydrogens (tertiary/aromatic N) is 2. The van der Waals surface area contributed by atoms with E-state index >= 15 is 0 Å². The van der Waals surface area contributed by atoms with Crippen molar-refractivity contribution in [1.29, 1.82) is 0 Å². The van der Waals surface area contributed by atoms with E-state index in [0.717, 1.165) is 22.4 Å². The Morgan fingerprint density at radius 2 is 1.93 bits per heavy atom. The monoisotopic (exact) mass is 406 g/mol. The van der Waals surface area contributed by atoms with Crippen LogP contribution in [0.15, 0.2) is 41.5 Å². The second-order valence-corrected chi connectivity index (χ2v) is 6.80. The van der Waals surface area contributed by atoms with Crippen molar-refractivity contribution >= 4 is 17.7 Å². The van der Waals surface area contributed by atoms with Crippen LogP contribution in [0.5, 0.6) is 5.88 Å². The highest BCUT2D eigenvalue weighted by Crippen LogP contribution is 2.17. The van der Waals surface area contributed by atoms with E-state index in [-0.39, 0.29) is 5.82 Å². The molecule has 1 aromatic heterocycles. The van der Waals surface area contributed by atoms with Gasteiger partial charge in [-0.1, -0.05) is 12.1 Å². The number of aromatic nitrogens is 1. The lowest BCUT2D eigenvalue weighted by Gasteiger charge is -2.15. The van der Waals surface area contributed by atoms with Crippen molar-refractivity contribution < 1.29 is 13.9 Å². The number of methoxy groups -OCH3 is 1. The van der Waals surface area contributed by atoms with Gasteiger partial charge in [0.25, 0.3) is 0 Å². The highest BCUT2D eigenvalue weighted by Gasteiger charge is 2.08. The zero-order valence-electron chi connectivity index (χ0n) is 16.5. The molecule has 2 N–H and O–H groups in total. The third-order valence-corrected chi connectivity index (χ3v) is 4.56. The predicted octanol–water partition coefficient (Wildman–Crippen LogP) is 2.97. The first kappa shape index (κ1) is 22.0. The van der Waals surface area contributed by atoms with Crippen LogP contribution in [0.25, 0.3) is 0 Å². The van der Waals surface area contributed by atoms with Gasteiger partial charge in [-0.2, -0.15) is 11.8 Å². The van der Waals surface area contributed by atoms with Crippen LogP contribution in [0, 0.1) is 5.82 Å². The van der Waals surface area contributed by atoms with Gasteiger partial charge in [-0.25, -0.2) is 9.37 Å². The maximum Gasteiger partial charge on any atom is 0.218 e. The van der Waals surface area contributed by atoms with E-state index < -0.39 is 0 Å². The molecular weight excluding hydrogens is 379 g/mol. The van der Waals surface area contributed by atoms with E-state index in [4.69, 9.17) is 9.47 Å². The standard InChI is InChI=1S/C20H27FN4O2S/c1-22-20(24-12-15-6-7-18(21)11-17(15)14-28-3)25-13-16-5-4-8-23-19(16)27-10-9-26-2/h4-8,11H,9-10,12-14H2,1-3H3,(H2,22,24,25). The molecule has 6 nitrogen and oxygen atoms in total. The van der Waals surface area contributed by atoms with E-state index in [1.54, 1.807) is 38.2 Å². The van der Waals surface area contributed by atoms with Crippen LogP contribution in [0.3, 0.4) is 0 Å². The molecule has 8 heteroatoms. The minimum absolute atomic E-state index is 0.215. The minimum Gasteiger partial charge on any atom is -0.475 e. The summed E-state index contributed by atoms with van der Waals surface area (Å²) in [5, 5.41) is 6.53. The molecule has 0 saturated carbocycles. The highest BCUT2D eigenvalue weighted by molar-refractivity contribution is 7.97. The number of thioether (sulfide) groups is 1. The van der Waals surface area contributed by atoms with Crippen molar-refractivity contribution in [1.82, 2.24) is 15.6 Å². The molecule has 0 amide bonds. The van der Waals surface area contributed by atoms with Crippen LogP contribution < -0.4 is 15.4 Å². The van der Waals surface area contributed by atoms with E-state index in [1.807, 2.05) is 24.5 Å². The van der Waals surface area contributed by atoms with Crippen LogP contribution in [0.2, 0.25) is 0 Å². The average molecular weight is 407 g/mol. The lowest BCUT2D eigenvalue weighted by molar-refractivity contribution is 0.143. The first-order valence-electron chi connectivity index (χ1n) is 8.94. The molecule has 0 bridgehead atoms.